The van der Waals surface area contributed by atoms with Gasteiger partial charge in [0.2, 0.25) is 11.8 Å². The predicted molar refractivity (Wildman–Crippen MR) is 110 cm³/mol. The second-order valence-electron chi connectivity index (χ2n) is 8.96. The van der Waals surface area contributed by atoms with Crippen LogP contribution in [0.15, 0.2) is 54.6 Å². The van der Waals surface area contributed by atoms with E-state index in [1.165, 1.54) is 16.9 Å². The number of allylic oxidation sites excluding steroid dienone is 2. The van der Waals surface area contributed by atoms with Crippen molar-refractivity contribution in [2.45, 2.75) is 20.3 Å². The lowest BCUT2D eigenvalue weighted by molar-refractivity contribution is -0.124. The summed E-state index contributed by atoms with van der Waals surface area (Å²) in [5.74, 6) is 2.90. The third kappa shape index (κ3) is 2.32. The molecule has 1 aliphatic heterocycles. The van der Waals surface area contributed by atoms with E-state index < -0.39 is 0 Å². The number of nitrogens with zero attached hydrogens (tertiary/aromatic N) is 1. The number of aryl methyl sites for hydroxylation is 1. The molecule has 2 saturated carbocycles. The van der Waals surface area contributed by atoms with Crippen molar-refractivity contribution in [3.8, 4) is 11.5 Å². The molecule has 4 aliphatic carbocycles. The van der Waals surface area contributed by atoms with Gasteiger partial charge in [-0.2, -0.15) is 0 Å². The number of benzene rings is 2. The maximum Gasteiger partial charge on any atom is 0.238 e. The average Bonchev–Trinajstić information content (AvgIpc) is 3.50. The van der Waals surface area contributed by atoms with E-state index in [1.54, 1.807) is 0 Å². The van der Waals surface area contributed by atoms with Crippen molar-refractivity contribution in [2.75, 3.05) is 4.90 Å². The Morgan fingerprint density at radius 2 is 1.48 bits per heavy atom. The smallest absolute Gasteiger partial charge is 0.238 e. The molecule has 29 heavy (non-hydrogen) atoms. The van der Waals surface area contributed by atoms with Crippen molar-refractivity contribution in [3.63, 3.8) is 0 Å². The molecule has 0 aromatic heterocycles. The Morgan fingerprint density at radius 1 is 0.862 bits per heavy atom. The minimum atomic E-state index is -0.160. The molecule has 7 rings (SSSR count). The van der Waals surface area contributed by atoms with Crippen molar-refractivity contribution in [1.82, 2.24) is 0 Å². The van der Waals surface area contributed by atoms with Gasteiger partial charge in [-0.3, -0.25) is 14.5 Å². The SMILES string of the molecule is Cc1cccc(Oc2ccc(N3C(=O)[C@@H]4[C@@H]5C=C[C@H]([C@H]6C[C@@H]56)[C@@H]4C3=O)cc2)c1C. The average molecular weight is 385 g/mol. The lowest BCUT2D eigenvalue weighted by atomic mass is 9.63. The number of carbonyl (C=O) groups is 2. The van der Waals surface area contributed by atoms with Crippen LogP contribution >= 0.6 is 0 Å². The van der Waals surface area contributed by atoms with Crippen LogP contribution in [0.3, 0.4) is 0 Å². The van der Waals surface area contributed by atoms with Crippen LogP contribution in [0.4, 0.5) is 5.69 Å². The van der Waals surface area contributed by atoms with Crippen LogP contribution < -0.4 is 9.64 Å². The monoisotopic (exact) mass is 385 g/mol. The van der Waals surface area contributed by atoms with Gasteiger partial charge >= 0.3 is 0 Å². The quantitative estimate of drug-likeness (QED) is 0.571. The predicted octanol–water partition coefficient (Wildman–Crippen LogP) is 4.65. The highest BCUT2D eigenvalue weighted by Gasteiger charge is 2.67. The van der Waals surface area contributed by atoms with Gasteiger partial charge in [-0.15, -0.1) is 0 Å². The zero-order valence-corrected chi connectivity index (χ0v) is 16.5. The standard InChI is InChI=1S/C25H23NO3/c1-13-4-3-5-21(14(13)2)29-16-8-6-15(7-9-16)26-24(27)22-17-10-11-18(20-12-19(17)20)23(22)25(26)28/h3-11,17-20,22-23H,12H2,1-2H3/t17-,18-,19-,20+,22+,23-/m1/s1. The van der Waals surface area contributed by atoms with Crippen LogP contribution in [0.1, 0.15) is 17.5 Å². The van der Waals surface area contributed by atoms with E-state index in [4.69, 9.17) is 4.74 Å². The molecule has 2 bridgehead atoms. The lowest BCUT2D eigenvalue weighted by Crippen LogP contribution is -2.40. The van der Waals surface area contributed by atoms with E-state index in [1.807, 2.05) is 43.3 Å². The number of anilines is 1. The highest BCUT2D eigenvalue weighted by atomic mass is 16.5. The van der Waals surface area contributed by atoms with Crippen LogP contribution in [0.2, 0.25) is 0 Å². The zero-order valence-electron chi connectivity index (χ0n) is 16.5. The first-order valence-electron chi connectivity index (χ1n) is 10.4. The zero-order chi connectivity index (χ0) is 19.9. The fourth-order valence-corrected chi connectivity index (χ4v) is 5.84. The number of hydrogen-bond donors (Lipinski definition) is 0. The minimum Gasteiger partial charge on any atom is -0.457 e. The maximum atomic E-state index is 13.2. The third-order valence-corrected chi connectivity index (χ3v) is 7.54. The highest BCUT2D eigenvalue weighted by Crippen LogP contribution is 2.65. The first-order valence-corrected chi connectivity index (χ1v) is 10.4. The van der Waals surface area contributed by atoms with Crippen LogP contribution in [0.5, 0.6) is 11.5 Å². The van der Waals surface area contributed by atoms with E-state index in [9.17, 15) is 9.59 Å². The first kappa shape index (κ1) is 17.0. The van der Waals surface area contributed by atoms with E-state index in [0.717, 1.165) is 11.3 Å². The number of hydrogen-bond acceptors (Lipinski definition) is 3. The van der Waals surface area contributed by atoms with Crippen molar-refractivity contribution >= 4 is 17.5 Å². The van der Waals surface area contributed by atoms with Crippen LogP contribution in [0, 0.1) is 49.4 Å². The van der Waals surface area contributed by atoms with Crippen molar-refractivity contribution in [2.24, 2.45) is 35.5 Å². The van der Waals surface area contributed by atoms with Crippen molar-refractivity contribution in [3.05, 3.63) is 65.7 Å². The van der Waals surface area contributed by atoms with E-state index in [2.05, 4.69) is 25.1 Å². The van der Waals surface area contributed by atoms with Gasteiger partial charge in [0.1, 0.15) is 11.5 Å². The molecule has 4 heteroatoms. The largest absolute Gasteiger partial charge is 0.457 e. The molecule has 0 unspecified atom stereocenters. The second-order valence-corrected chi connectivity index (χ2v) is 8.96. The molecule has 4 nitrogen and oxygen atoms in total. The molecule has 3 fully saturated rings. The molecule has 0 N–H and O–H groups in total. The number of carbonyl (C=O) groups excluding carboxylic acids is 2. The van der Waals surface area contributed by atoms with Gasteiger partial charge in [-0.25, -0.2) is 0 Å². The van der Waals surface area contributed by atoms with Crippen molar-refractivity contribution in [1.29, 1.82) is 0 Å². The fourth-order valence-electron chi connectivity index (χ4n) is 5.84. The molecule has 0 radical (unpaired) electrons. The van der Waals surface area contributed by atoms with Gasteiger partial charge in [0, 0.05) is 0 Å². The number of amides is 2. The maximum absolute atomic E-state index is 13.2. The Morgan fingerprint density at radius 3 is 2.10 bits per heavy atom. The molecule has 1 saturated heterocycles. The molecule has 5 aliphatic rings. The van der Waals surface area contributed by atoms with Crippen LogP contribution in [-0.2, 0) is 9.59 Å². The summed E-state index contributed by atoms with van der Waals surface area (Å²) in [6.07, 6.45) is 5.59. The Bertz CT molecular complexity index is 1030. The lowest BCUT2D eigenvalue weighted by Gasteiger charge is -2.37. The van der Waals surface area contributed by atoms with Gasteiger partial charge in [0.25, 0.3) is 0 Å². The Hall–Kier alpha value is -2.88. The summed E-state index contributed by atoms with van der Waals surface area (Å²) in [7, 11) is 0. The van der Waals surface area contributed by atoms with Crippen LogP contribution in [0.25, 0.3) is 0 Å². The molecular formula is C25H23NO3. The summed E-state index contributed by atoms with van der Waals surface area (Å²) in [6, 6.07) is 13.3. The van der Waals surface area contributed by atoms with Gasteiger partial charge < -0.3 is 4.74 Å². The summed E-state index contributed by atoms with van der Waals surface area (Å²) in [5.41, 5.74) is 2.93. The summed E-state index contributed by atoms with van der Waals surface area (Å²) >= 11 is 0. The van der Waals surface area contributed by atoms with E-state index in [0.29, 0.717) is 23.3 Å². The van der Waals surface area contributed by atoms with E-state index >= 15 is 0 Å². The summed E-state index contributed by atoms with van der Waals surface area (Å²) in [6.45, 7) is 4.09. The molecule has 146 valence electrons. The summed E-state index contributed by atoms with van der Waals surface area (Å²) < 4.78 is 6.02. The number of rotatable bonds is 3. The molecule has 2 aromatic rings. The highest BCUT2D eigenvalue weighted by molar-refractivity contribution is 6.22. The summed E-state index contributed by atoms with van der Waals surface area (Å²) in [5, 5.41) is 0. The normalized spacial score (nSPS) is 33.7. The molecular weight excluding hydrogens is 362 g/mol. The van der Waals surface area contributed by atoms with Gasteiger partial charge in [-0.1, -0.05) is 24.3 Å². The van der Waals surface area contributed by atoms with E-state index in [-0.39, 0.29) is 35.5 Å². The topological polar surface area (TPSA) is 46.6 Å². The Labute approximate surface area is 170 Å². The number of ether oxygens (including phenoxy) is 1. The minimum absolute atomic E-state index is 0.0205. The fraction of sp³-hybridized carbons (Fsp3) is 0.360. The first-order chi connectivity index (χ1) is 14.0. The van der Waals surface area contributed by atoms with Gasteiger partial charge in [0.05, 0.1) is 17.5 Å². The van der Waals surface area contributed by atoms with Crippen molar-refractivity contribution < 1.29 is 14.3 Å². The Kier molecular flexibility index (Phi) is 3.41. The third-order valence-electron chi connectivity index (χ3n) is 7.54. The number of imide groups is 1. The molecule has 2 aromatic carbocycles. The van der Waals surface area contributed by atoms with Crippen LogP contribution in [-0.4, -0.2) is 11.8 Å². The molecule has 2 amide bonds. The molecule has 0 spiro atoms. The Balaban J connectivity index is 1.27. The molecule has 6 atom stereocenters. The summed E-state index contributed by atoms with van der Waals surface area (Å²) in [4.78, 5) is 27.8. The second kappa shape index (κ2) is 5.82. The van der Waals surface area contributed by atoms with Gasteiger partial charge in [-0.05, 0) is 85.4 Å². The van der Waals surface area contributed by atoms with Gasteiger partial charge in [0.15, 0.2) is 0 Å². The molecule has 1 heterocycles.